The van der Waals surface area contributed by atoms with Crippen molar-refractivity contribution in [1.82, 2.24) is 19.7 Å². The summed E-state index contributed by atoms with van der Waals surface area (Å²) in [6.07, 6.45) is 11.4. The minimum Gasteiger partial charge on any atom is -0.381 e. The van der Waals surface area contributed by atoms with Gasteiger partial charge in [0.2, 0.25) is 0 Å². The molecular weight excluding hydrogens is 300 g/mol. The van der Waals surface area contributed by atoms with Crippen LogP contribution in [0.15, 0.2) is 0 Å². The lowest BCUT2D eigenvalue weighted by Crippen LogP contribution is -2.31. The molecule has 2 saturated heterocycles. The first-order valence-corrected chi connectivity index (χ1v) is 10.0. The van der Waals surface area contributed by atoms with Crippen LogP contribution in [-0.2, 0) is 11.2 Å². The fraction of sp³-hybridized carbons (Fsp3) is 0.895. The molecule has 1 saturated carbocycles. The Morgan fingerprint density at radius 3 is 2.54 bits per heavy atom. The Bertz CT molecular complexity index is 523. The molecule has 5 heteroatoms. The third-order valence-electron chi connectivity index (χ3n) is 6.23. The largest absolute Gasteiger partial charge is 0.381 e. The highest BCUT2D eigenvalue weighted by Crippen LogP contribution is 2.33. The molecule has 0 N–H and O–H groups in total. The van der Waals surface area contributed by atoms with Gasteiger partial charge < -0.3 is 9.64 Å². The average Bonchev–Trinajstić information content (AvgIpc) is 3.27. The Labute approximate surface area is 145 Å². The maximum atomic E-state index is 5.64. The molecule has 0 spiro atoms. The molecule has 1 aromatic heterocycles. The molecule has 3 aliphatic rings. The van der Waals surface area contributed by atoms with Crippen LogP contribution in [0.1, 0.15) is 75.0 Å². The van der Waals surface area contributed by atoms with Gasteiger partial charge in [-0.25, -0.2) is 9.67 Å². The van der Waals surface area contributed by atoms with Crippen LogP contribution in [0.5, 0.6) is 0 Å². The van der Waals surface area contributed by atoms with Gasteiger partial charge in [-0.05, 0) is 58.2 Å². The highest BCUT2D eigenvalue weighted by molar-refractivity contribution is 5.05. The number of aromatic nitrogens is 3. The van der Waals surface area contributed by atoms with Gasteiger partial charge in [0.25, 0.3) is 0 Å². The molecule has 0 bridgehead atoms. The summed E-state index contributed by atoms with van der Waals surface area (Å²) in [5.74, 6) is 3.54. The minimum atomic E-state index is 0.464. The van der Waals surface area contributed by atoms with Gasteiger partial charge in [-0.1, -0.05) is 19.3 Å². The third-order valence-corrected chi connectivity index (χ3v) is 6.23. The molecule has 134 valence electrons. The van der Waals surface area contributed by atoms with Crippen LogP contribution >= 0.6 is 0 Å². The summed E-state index contributed by atoms with van der Waals surface area (Å²) < 4.78 is 7.96. The Morgan fingerprint density at radius 1 is 1.04 bits per heavy atom. The lowest BCUT2D eigenvalue weighted by atomic mass is 9.93. The second kappa shape index (κ2) is 7.52. The predicted molar refractivity (Wildman–Crippen MR) is 94.2 cm³/mol. The molecule has 3 heterocycles. The second-order valence-electron chi connectivity index (χ2n) is 8.13. The summed E-state index contributed by atoms with van der Waals surface area (Å²) in [7, 11) is 2.23. The van der Waals surface area contributed by atoms with E-state index in [1.54, 1.807) is 0 Å². The van der Waals surface area contributed by atoms with Crippen molar-refractivity contribution >= 4 is 0 Å². The molecule has 1 aliphatic carbocycles. The van der Waals surface area contributed by atoms with E-state index in [1.807, 2.05) is 0 Å². The van der Waals surface area contributed by atoms with Crippen LogP contribution in [0.4, 0.5) is 0 Å². The SMILES string of the molecule is CN1CCC(Cc2nc(C3CCOC3)n(C3CCCCC3)n2)CC1. The van der Waals surface area contributed by atoms with E-state index in [0.717, 1.165) is 37.8 Å². The Balaban J connectivity index is 1.51. The number of piperidine rings is 1. The zero-order valence-electron chi connectivity index (χ0n) is 15.1. The molecule has 24 heavy (non-hydrogen) atoms. The molecule has 4 rings (SSSR count). The van der Waals surface area contributed by atoms with Crippen molar-refractivity contribution in [2.45, 2.75) is 69.7 Å². The fourth-order valence-electron chi connectivity index (χ4n) is 4.60. The van der Waals surface area contributed by atoms with Gasteiger partial charge in [0.05, 0.1) is 12.6 Å². The van der Waals surface area contributed by atoms with Gasteiger partial charge >= 0.3 is 0 Å². The molecule has 0 radical (unpaired) electrons. The van der Waals surface area contributed by atoms with Gasteiger partial charge in [0.1, 0.15) is 5.82 Å². The van der Waals surface area contributed by atoms with Gasteiger partial charge in [-0.2, -0.15) is 5.10 Å². The molecular formula is C19H32N4O. The second-order valence-corrected chi connectivity index (χ2v) is 8.13. The molecule has 0 aromatic carbocycles. The maximum Gasteiger partial charge on any atom is 0.151 e. The van der Waals surface area contributed by atoms with Crippen LogP contribution in [0.25, 0.3) is 0 Å². The summed E-state index contributed by atoms with van der Waals surface area (Å²) in [6.45, 7) is 4.15. The molecule has 2 aliphatic heterocycles. The maximum absolute atomic E-state index is 5.64. The summed E-state index contributed by atoms with van der Waals surface area (Å²) >= 11 is 0. The third kappa shape index (κ3) is 3.67. The minimum absolute atomic E-state index is 0.464. The topological polar surface area (TPSA) is 43.2 Å². The van der Waals surface area contributed by atoms with Crippen molar-refractivity contribution < 1.29 is 4.74 Å². The van der Waals surface area contributed by atoms with Gasteiger partial charge in [0.15, 0.2) is 5.82 Å². The normalized spacial score (nSPS) is 27.8. The summed E-state index contributed by atoms with van der Waals surface area (Å²) in [5.41, 5.74) is 0. The quantitative estimate of drug-likeness (QED) is 0.849. The lowest BCUT2D eigenvalue weighted by molar-refractivity contribution is 0.191. The molecule has 1 aromatic rings. The van der Waals surface area contributed by atoms with Crippen LogP contribution < -0.4 is 0 Å². The van der Waals surface area contributed by atoms with E-state index in [1.165, 1.54) is 63.9 Å². The van der Waals surface area contributed by atoms with E-state index in [0.29, 0.717) is 12.0 Å². The fourth-order valence-corrected chi connectivity index (χ4v) is 4.60. The Kier molecular flexibility index (Phi) is 5.18. The number of hydrogen-bond donors (Lipinski definition) is 0. The highest BCUT2D eigenvalue weighted by Gasteiger charge is 2.29. The van der Waals surface area contributed by atoms with Crippen molar-refractivity contribution in [3.05, 3.63) is 11.6 Å². The van der Waals surface area contributed by atoms with Gasteiger partial charge in [0, 0.05) is 18.9 Å². The van der Waals surface area contributed by atoms with Crippen molar-refractivity contribution in [2.24, 2.45) is 5.92 Å². The lowest BCUT2D eigenvalue weighted by Gasteiger charge is -2.28. The van der Waals surface area contributed by atoms with Crippen LogP contribution in [0.3, 0.4) is 0 Å². The van der Waals surface area contributed by atoms with E-state index < -0.39 is 0 Å². The first-order valence-electron chi connectivity index (χ1n) is 10.0. The number of likely N-dealkylation sites (tertiary alicyclic amines) is 1. The smallest absolute Gasteiger partial charge is 0.151 e. The molecule has 5 nitrogen and oxygen atoms in total. The Morgan fingerprint density at radius 2 is 1.83 bits per heavy atom. The van der Waals surface area contributed by atoms with E-state index >= 15 is 0 Å². The van der Waals surface area contributed by atoms with Crippen LogP contribution in [0, 0.1) is 5.92 Å². The predicted octanol–water partition coefficient (Wildman–Crippen LogP) is 3.17. The summed E-state index contributed by atoms with van der Waals surface area (Å²) in [6, 6.07) is 0.577. The van der Waals surface area contributed by atoms with Crippen molar-refractivity contribution in [3.63, 3.8) is 0 Å². The summed E-state index contributed by atoms with van der Waals surface area (Å²) in [4.78, 5) is 7.48. The number of rotatable bonds is 4. The van der Waals surface area contributed by atoms with E-state index in [4.69, 9.17) is 14.8 Å². The van der Waals surface area contributed by atoms with E-state index in [9.17, 15) is 0 Å². The van der Waals surface area contributed by atoms with Crippen LogP contribution in [-0.4, -0.2) is 53.0 Å². The Hall–Kier alpha value is -0.940. The number of nitrogens with zero attached hydrogens (tertiary/aromatic N) is 4. The number of hydrogen-bond acceptors (Lipinski definition) is 4. The van der Waals surface area contributed by atoms with Gasteiger partial charge in [-0.3, -0.25) is 0 Å². The van der Waals surface area contributed by atoms with Crippen molar-refractivity contribution in [2.75, 3.05) is 33.4 Å². The zero-order chi connectivity index (χ0) is 16.4. The molecule has 1 unspecified atom stereocenters. The average molecular weight is 332 g/mol. The first kappa shape index (κ1) is 16.5. The monoisotopic (exact) mass is 332 g/mol. The molecule has 1 atom stereocenters. The van der Waals surface area contributed by atoms with Crippen molar-refractivity contribution in [1.29, 1.82) is 0 Å². The number of ether oxygens (including phenoxy) is 1. The molecule has 3 fully saturated rings. The highest BCUT2D eigenvalue weighted by atomic mass is 16.5. The standard InChI is InChI=1S/C19H32N4O/c1-22-10-7-15(8-11-22)13-18-20-19(16-9-12-24-14-16)23(21-18)17-5-3-2-4-6-17/h15-17H,2-14H2,1H3. The zero-order valence-corrected chi connectivity index (χ0v) is 15.1. The van der Waals surface area contributed by atoms with Gasteiger partial charge in [-0.15, -0.1) is 0 Å². The van der Waals surface area contributed by atoms with Crippen LogP contribution in [0.2, 0.25) is 0 Å². The van der Waals surface area contributed by atoms with E-state index in [2.05, 4.69) is 16.6 Å². The summed E-state index contributed by atoms with van der Waals surface area (Å²) in [5, 5.41) is 5.03. The van der Waals surface area contributed by atoms with E-state index in [-0.39, 0.29) is 0 Å². The first-order chi connectivity index (χ1) is 11.8. The molecule has 0 amide bonds. The van der Waals surface area contributed by atoms with Crippen molar-refractivity contribution in [3.8, 4) is 0 Å².